The highest BCUT2D eigenvalue weighted by Crippen LogP contribution is 2.09. The second-order valence-corrected chi connectivity index (χ2v) is 5.34. The summed E-state index contributed by atoms with van der Waals surface area (Å²) < 4.78 is 1.54. The maximum Gasteiger partial charge on any atom is 0.258 e. The average molecular weight is 283 g/mol. The lowest BCUT2D eigenvalue weighted by Crippen LogP contribution is -2.50. The molecule has 6 nitrogen and oxygen atoms in total. The van der Waals surface area contributed by atoms with Gasteiger partial charge >= 0.3 is 0 Å². The van der Waals surface area contributed by atoms with Crippen LogP contribution in [0.25, 0.3) is 5.65 Å². The Hall–Kier alpha value is -2.23. The van der Waals surface area contributed by atoms with Gasteiger partial charge in [0, 0.05) is 38.4 Å². The molecule has 0 aromatic carbocycles. The number of pyridine rings is 1. The van der Waals surface area contributed by atoms with Gasteiger partial charge in [0.1, 0.15) is 11.7 Å². The van der Waals surface area contributed by atoms with Crippen LogP contribution in [0.1, 0.15) is 11.3 Å². The van der Waals surface area contributed by atoms with Crippen molar-refractivity contribution in [3.05, 3.63) is 46.0 Å². The highest BCUT2D eigenvalue weighted by Gasteiger charge is 2.22. The maximum atomic E-state index is 12.1. The zero-order valence-corrected chi connectivity index (χ0v) is 11.9. The third-order valence-corrected chi connectivity index (χ3v) is 3.74. The van der Waals surface area contributed by atoms with Gasteiger partial charge in [0.05, 0.1) is 11.8 Å². The van der Waals surface area contributed by atoms with Crippen molar-refractivity contribution in [1.29, 1.82) is 5.26 Å². The summed E-state index contributed by atoms with van der Waals surface area (Å²) in [6.07, 6.45) is 1.74. The summed E-state index contributed by atoms with van der Waals surface area (Å²) in [5, 5.41) is 12.4. The number of nitrogens with one attached hydrogen (secondary N) is 1. The van der Waals surface area contributed by atoms with Crippen molar-refractivity contribution in [3.8, 4) is 6.07 Å². The van der Waals surface area contributed by atoms with Crippen LogP contribution in [0.2, 0.25) is 0 Å². The number of nitrogens with zero attached hydrogens (tertiary/aromatic N) is 4. The molecule has 1 fully saturated rings. The number of fused-ring (bicyclic) bond motifs is 1. The molecule has 6 heteroatoms. The van der Waals surface area contributed by atoms with E-state index in [2.05, 4.69) is 21.3 Å². The molecule has 0 bridgehead atoms. The Morgan fingerprint density at radius 1 is 1.52 bits per heavy atom. The molecule has 0 radical (unpaired) electrons. The number of rotatable bonds is 2. The first-order valence-electron chi connectivity index (χ1n) is 7.01. The quantitative estimate of drug-likeness (QED) is 0.858. The van der Waals surface area contributed by atoms with Gasteiger partial charge in [0.25, 0.3) is 5.56 Å². The van der Waals surface area contributed by atoms with Crippen molar-refractivity contribution in [2.45, 2.75) is 19.5 Å². The summed E-state index contributed by atoms with van der Waals surface area (Å²) in [6.45, 7) is 4.79. The first-order valence-corrected chi connectivity index (χ1v) is 7.01. The van der Waals surface area contributed by atoms with Crippen LogP contribution in [0.3, 0.4) is 0 Å². The van der Waals surface area contributed by atoms with Crippen molar-refractivity contribution in [3.63, 3.8) is 0 Å². The van der Waals surface area contributed by atoms with Crippen LogP contribution in [0.4, 0.5) is 0 Å². The van der Waals surface area contributed by atoms with Gasteiger partial charge in [0.15, 0.2) is 0 Å². The first kappa shape index (κ1) is 13.7. The van der Waals surface area contributed by atoms with Crippen LogP contribution in [0.5, 0.6) is 0 Å². The molecular formula is C15H17N5O. The lowest BCUT2D eigenvalue weighted by atomic mass is 10.2. The standard InChI is InChI=1S/C15H17N5O/c1-11-2-4-20-14(6-11)18-12(7-15(20)21)10-19-5-3-17-9-13(19)8-16/h2,4,6-7,13,17H,3,5,9-10H2,1H3. The third kappa shape index (κ3) is 2.79. The SMILES string of the molecule is Cc1ccn2c(=O)cc(CN3CCNCC3C#N)nc2c1. The molecule has 0 aliphatic carbocycles. The van der Waals surface area contributed by atoms with E-state index in [1.54, 1.807) is 12.3 Å². The Labute approximate surface area is 122 Å². The molecule has 108 valence electrons. The van der Waals surface area contributed by atoms with E-state index in [9.17, 15) is 10.1 Å². The summed E-state index contributed by atoms with van der Waals surface area (Å²) in [5.74, 6) is 0. The Bertz CT molecular complexity index is 761. The summed E-state index contributed by atoms with van der Waals surface area (Å²) >= 11 is 0. The van der Waals surface area contributed by atoms with Gasteiger partial charge in [-0.3, -0.25) is 14.1 Å². The molecule has 0 saturated carbocycles. The molecule has 3 rings (SSSR count). The molecule has 0 spiro atoms. The molecule has 1 N–H and O–H groups in total. The topological polar surface area (TPSA) is 73.4 Å². The van der Waals surface area contributed by atoms with Crippen LogP contribution in [0.15, 0.2) is 29.2 Å². The van der Waals surface area contributed by atoms with E-state index in [-0.39, 0.29) is 11.6 Å². The molecule has 2 aromatic heterocycles. The smallest absolute Gasteiger partial charge is 0.258 e. The number of piperazine rings is 1. The first-order chi connectivity index (χ1) is 10.2. The zero-order chi connectivity index (χ0) is 14.8. The minimum atomic E-state index is -0.170. The Balaban J connectivity index is 1.94. The molecule has 1 unspecified atom stereocenters. The monoisotopic (exact) mass is 283 g/mol. The summed E-state index contributed by atoms with van der Waals surface area (Å²) in [4.78, 5) is 18.7. The van der Waals surface area contributed by atoms with Crippen LogP contribution in [-0.4, -0.2) is 40.0 Å². The van der Waals surface area contributed by atoms with Crippen LogP contribution >= 0.6 is 0 Å². The summed E-state index contributed by atoms with van der Waals surface area (Å²) in [7, 11) is 0. The van der Waals surface area contributed by atoms with Crippen LogP contribution in [0, 0.1) is 18.3 Å². The minimum absolute atomic E-state index is 0.0846. The fourth-order valence-electron chi connectivity index (χ4n) is 2.61. The molecular weight excluding hydrogens is 266 g/mol. The molecule has 21 heavy (non-hydrogen) atoms. The number of aromatic nitrogens is 2. The number of hydrogen-bond donors (Lipinski definition) is 1. The normalized spacial score (nSPS) is 19.5. The van der Waals surface area contributed by atoms with Crippen molar-refractivity contribution in [1.82, 2.24) is 19.6 Å². The van der Waals surface area contributed by atoms with Crippen molar-refractivity contribution in [2.24, 2.45) is 0 Å². The molecule has 1 aliphatic rings. The van der Waals surface area contributed by atoms with Gasteiger partial charge in [-0.05, 0) is 24.6 Å². The molecule has 2 aromatic rings. The lowest BCUT2D eigenvalue weighted by Gasteiger charge is -2.31. The summed E-state index contributed by atoms with van der Waals surface area (Å²) in [5.41, 5.74) is 2.35. The Morgan fingerprint density at radius 3 is 3.19 bits per heavy atom. The fraction of sp³-hybridized carbons (Fsp3) is 0.400. The van der Waals surface area contributed by atoms with Gasteiger partial charge in [0.2, 0.25) is 0 Å². The lowest BCUT2D eigenvalue weighted by molar-refractivity contribution is 0.187. The van der Waals surface area contributed by atoms with E-state index in [0.717, 1.165) is 18.7 Å². The second-order valence-electron chi connectivity index (χ2n) is 5.34. The third-order valence-electron chi connectivity index (χ3n) is 3.74. The Kier molecular flexibility index (Phi) is 3.69. The van der Waals surface area contributed by atoms with Gasteiger partial charge in [-0.25, -0.2) is 4.98 Å². The van der Waals surface area contributed by atoms with Crippen LogP contribution in [-0.2, 0) is 6.54 Å². The molecule has 0 amide bonds. The Morgan fingerprint density at radius 2 is 2.38 bits per heavy atom. The van der Waals surface area contributed by atoms with E-state index >= 15 is 0 Å². The molecule has 1 saturated heterocycles. The fourth-order valence-corrected chi connectivity index (χ4v) is 2.61. The van der Waals surface area contributed by atoms with Gasteiger partial charge in [-0.15, -0.1) is 0 Å². The second kappa shape index (κ2) is 5.64. The number of aryl methyl sites for hydroxylation is 1. The predicted octanol–water partition coefficient (Wildman–Crippen LogP) is 0.300. The van der Waals surface area contributed by atoms with Crippen molar-refractivity contribution >= 4 is 5.65 Å². The molecule has 1 aliphatic heterocycles. The van der Waals surface area contributed by atoms with E-state index < -0.39 is 0 Å². The zero-order valence-electron chi connectivity index (χ0n) is 11.9. The largest absolute Gasteiger partial charge is 0.313 e. The highest BCUT2D eigenvalue weighted by molar-refractivity contribution is 5.41. The highest BCUT2D eigenvalue weighted by atomic mass is 16.1. The average Bonchev–Trinajstić information content (AvgIpc) is 2.47. The van der Waals surface area contributed by atoms with Gasteiger partial charge in [-0.2, -0.15) is 5.26 Å². The predicted molar refractivity (Wildman–Crippen MR) is 78.9 cm³/mol. The van der Waals surface area contributed by atoms with Gasteiger partial charge < -0.3 is 5.32 Å². The van der Waals surface area contributed by atoms with Crippen LogP contribution < -0.4 is 10.9 Å². The minimum Gasteiger partial charge on any atom is -0.313 e. The van der Waals surface area contributed by atoms with E-state index in [4.69, 9.17) is 0 Å². The maximum absolute atomic E-state index is 12.1. The van der Waals surface area contributed by atoms with Crippen molar-refractivity contribution < 1.29 is 0 Å². The molecule has 1 atom stereocenters. The number of nitriles is 1. The molecule has 3 heterocycles. The number of hydrogen-bond acceptors (Lipinski definition) is 5. The summed E-state index contributed by atoms with van der Waals surface area (Å²) in [6, 6.07) is 7.45. The van der Waals surface area contributed by atoms with E-state index in [1.807, 2.05) is 19.1 Å². The van der Waals surface area contributed by atoms with Gasteiger partial charge in [-0.1, -0.05) is 0 Å². The van der Waals surface area contributed by atoms with E-state index in [0.29, 0.717) is 24.4 Å². The van der Waals surface area contributed by atoms with E-state index in [1.165, 1.54) is 4.40 Å². The van der Waals surface area contributed by atoms with Crippen molar-refractivity contribution in [2.75, 3.05) is 19.6 Å².